The number of hydrogen-bond acceptors (Lipinski definition) is 0. The largest absolute Gasteiger partial charge is 0.290 e. The van der Waals surface area contributed by atoms with Gasteiger partial charge in [0.15, 0.2) is 5.75 Å². The molecule has 0 unspecified atom stereocenters. The van der Waals surface area contributed by atoms with Crippen molar-refractivity contribution in [1.29, 1.82) is 0 Å². The summed E-state index contributed by atoms with van der Waals surface area (Å²) in [6, 6.07) is 18.0. The summed E-state index contributed by atoms with van der Waals surface area (Å²) in [4.78, 5) is 0. The second-order valence-corrected chi connectivity index (χ2v) is 4.45. The van der Waals surface area contributed by atoms with Gasteiger partial charge in [-0.25, -0.2) is 0 Å². The maximum Gasteiger partial charge on any atom is 0.179 e. The molecule has 0 heterocycles. The molecule has 0 aromatic heterocycles. The Bertz CT molecular complexity index is 782. The van der Waals surface area contributed by atoms with Crippen LogP contribution in [0.2, 0.25) is 0 Å². The SMILES string of the molecule is [O]c1cc2ccc3cccc4ccc(c1)c2c34. The molecule has 0 aliphatic heterocycles. The predicted molar refractivity (Wildman–Crippen MR) is 70.3 cm³/mol. The molecule has 0 atom stereocenters. The molecule has 1 heteroatoms. The predicted octanol–water partition coefficient (Wildman–Crippen LogP) is 4.73. The van der Waals surface area contributed by atoms with Gasteiger partial charge >= 0.3 is 0 Å². The normalized spacial score (nSPS) is 11.8. The lowest BCUT2D eigenvalue weighted by molar-refractivity contribution is 0.356. The van der Waals surface area contributed by atoms with Crippen molar-refractivity contribution in [3.63, 3.8) is 0 Å². The first-order valence-electron chi connectivity index (χ1n) is 5.67. The van der Waals surface area contributed by atoms with Crippen LogP contribution in [0.25, 0.3) is 32.3 Å². The molecule has 0 aliphatic rings. The van der Waals surface area contributed by atoms with E-state index >= 15 is 0 Å². The van der Waals surface area contributed by atoms with Crippen LogP contribution >= 0.6 is 0 Å². The van der Waals surface area contributed by atoms with Crippen molar-refractivity contribution in [2.75, 3.05) is 0 Å². The van der Waals surface area contributed by atoms with E-state index in [4.69, 9.17) is 0 Å². The van der Waals surface area contributed by atoms with Crippen LogP contribution in [0, 0.1) is 0 Å². The summed E-state index contributed by atoms with van der Waals surface area (Å²) in [5.41, 5.74) is 0. The van der Waals surface area contributed by atoms with Gasteiger partial charge in [-0.1, -0.05) is 42.5 Å². The summed E-state index contributed by atoms with van der Waals surface area (Å²) < 4.78 is 0. The Hall–Kier alpha value is -2.28. The Labute approximate surface area is 98.2 Å². The maximum absolute atomic E-state index is 11.6. The number of rotatable bonds is 0. The van der Waals surface area contributed by atoms with Gasteiger partial charge in [-0.2, -0.15) is 0 Å². The minimum atomic E-state index is 0.0795. The molecule has 17 heavy (non-hydrogen) atoms. The van der Waals surface area contributed by atoms with Gasteiger partial charge in [-0.05, 0) is 44.5 Å². The van der Waals surface area contributed by atoms with Gasteiger partial charge in [0.05, 0.1) is 0 Å². The van der Waals surface area contributed by atoms with Crippen molar-refractivity contribution in [1.82, 2.24) is 0 Å². The molecular weight excluding hydrogens is 208 g/mol. The Kier molecular flexibility index (Phi) is 1.50. The van der Waals surface area contributed by atoms with Crippen molar-refractivity contribution >= 4 is 32.3 Å². The van der Waals surface area contributed by atoms with Crippen LogP contribution in [0.4, 0.5) is 0 Å². The zero-order chi connectivity index (χ0) is 11.4. The van der Waals surface area contributed by atoms with E-state index in [1.807, 2.05) is 12.1 Å². The molecule has 0 bridgehead atoms. The highest BCUT2D eigenvalue weighted by molar-refractivity contribution is 6.23. The van der Waals surface area contributed by atoms with Crippen molar-refractivity contribution in [2.45, 2.75) is 0 Å². The molecule has 0 fully saturated rings. The Morgan fingerprint density at radius 2 is 1.06 bits per heavy atom. The van der Waals surface area contributed by atoms with E-state index in [1.54, 1.807) is 12.1 Å². The van der Waals surface area contributed by atoms with Gasteiger partial charge < -0.3 is 0 Å². The van der Waals surface area contributed by atoms with E-state index < -0.39 is 0 Å². The summed E-state index contributed by atoms with van der Waals surface area (Å²) >= 11 is 0. The molecule has 79 valence electrons. The highest BCUT2D eigenvalue weighted by Gasteiger charge is 2.08. The molecule has 0 aliphatic carbocycles. The molecule has 0 saturated carbocycles. The Balaban J connectivity index is 2.45. The fourth-order valence-electron chi connectivity index (χ4n) is 2.73. The van der Waals surface area contributed by atoms with Gasteiger partial charge in [0, 0.05) is 0 Å². The first-order valence-corrected chi connectivity index (χ1v) is 5.67. The van der Waals surface area contributed by atoms with Gasteiger partial charge in [0.1, 0.15) is 0 Å². The first kappa shape index (κ1) is 8.82. The van der Waals surface area contributed by atoms with Crippen LogP contribution in [0.3, 0.4) is 0 Å². The van der Waals surface area contributed by atoms with Crippen LogP contribution in [0.1, 0.15) is 0 Å². The van der Waals surface area contributed by atoms with E-state index in [0.717, 1.165) is 10.8 Å². The van der Waals surface area contributed by atoms with E-state index in [1.165, 1.54) is 21.5 Å². The minimum Gasteiger partial charge on any atom is -0.290 e. The molecule has 1 nitrogen and oxygen atoms in total. The summed E-state index contributed by atoms with van der Waals surface area (Å²) in [5, 5.41) is 18.6. The topological polar surface area (TPSA) is 19.9 Å². The Morgan fingerprint density at radius 1 is 0.588 bits per heavy atom. The fourth-order valence-corrected chi connectivity index (χ4v) is 2.73. The Morgan fingerprint density at radius 3 is 1.65 bits per heavy atom. The smallest absolute Gasteiger partial charge is 0.179 e. The highest BCUT2D eigenvalue weighted by atomic mass is 16.3. The van der Waals surface area contributed by atoms with Gasteiger partial charge in [0.2, 0.25) is 0 Å². The molecule has 4 aromatic rings. The summed E-state index contributed by atoms with van der Waals surface area (Å²) in [7, 11) is 0. The quantitative estimate of drug-likeness (QED) is 0.379. The van der Waals surface area contributed by atoms with Crippen LogP contribution in [0.5, 0.6) is 5.75 Å². The van der Waals surface area contributed by atoms with E-state index in [-0.39, 0.29) is 5.75 Å². The van der Waals surface area contributed by atoms with Crippen LogP contribution in [-0.2, 0) is 5.11 Å². The van der Waals surface area contributed by atoms with Crippen LogP contribution < -0.4 is 0 Å². The van der Waals surface area contributed by atoms with Gasteiger partial charge in [-0.15, -0.1) is 0 Å². The van der Waals surface area contributed by atoms with Crippen molar-refractivity contribution in [3.05, 3.63) is 54.6 Å². The summed E-state index contributed by atoms with van der Waals surface area (Å²) in [5.74, 6) is 0.0795. The molecule has 4 aromatic carbocycles. The standard InChI is InChI=1S/C16H9O/c17-14-8-12-6-4-10-2-1-3-11-5-7-13(9-14)16(12)15(10)11/h1-9H. The average molecular weight is 217 g/mol. The third-order valence-corrected chi connectivity index (χ3v) is 3.44. The lowest BCUT2D eigenvalue weighted by Crippen LogP contribution is -1.82. The third-order valence-electron chi connectivity index (χ3n) is 3.44. The molecule has 0 spiro atoms. The van der Waals surface area contributed by atoms with Gasteiger partial charge in [-0.3, -0.25) is 5.11 Å². The highest BCUT2D eigenvalue weighted by Crippen LogP contribution is 2.36. The second-order valence-electron chi connectivity index (χ2n) is 4.45. The van der Waals surface area contributed by atoms with E-state index in [2.05, 4.69) is 30.3 Å². The van der Waals surface area contributed by atoms with Crippen LogP contribution in [-0.4, -0.2) is 0 Å². The lowest BCUT2D eigenvalue weighted by Gasteiger charge is -2.09. The molecule has 0 N–H and O–H groups in total. The summed E-state index contributed by atoms with van der Waals surface area (Å²) in [6.07, 6.45) is 0. The fraction of sp³-hybridized carbons (Fsp3) is 0. The second kappa shape index (κ2) is 2.89. The minimum absolute atomic E-state index is 0.0795. The maximum atomic E-state index is 11.6. The first-order chi connectivity index (χ1) is 8.33. The van der Waals surface area contributed by atoms with Crippen molar-refractivity contribution < 1.29 is 5.11 Å². The average Bonchev–Trinajstić information content (AvgIpc) is 2.35. The third kappa shape index (κ3) is 1.08. The zero-order valence-electron chi connectivity index (χ0n) is 9.10. The zero-order valence-corrected chi connectivity index (χ0v) is 9.10. The number of hydrogen-bond donors (Lipinski definition) is 0. The lowest BCUT2D eigenvalue weighted by atomic mass is 9.94. The molecule has 0 saturated heterocycles. The summed E-state index contributed by atoms with van der Waals surface area (Å²) in [6.45, 7) is 0. The molecule has 4 rings (SSSR count). The van der Waals surface area contributed by atoms with Crippen LogP contribution in [0.15, 0.2) is 54.6 Å². The van der Waals surface area contributed by atoms with Crippen molar-refractivity contribution in [2.24, 2.45) is 0 Å². The van der Waals surface area contributed by atoms with Crippen molar-refractivity contribution in [3.8, 4) is 5.75 Å². The molecular formula is C16H9O. The molecule has 1 radical (unpaired) electrons. The molecule has 0 amide bonds. The number of benzene rings is 4. The van der Waals surface area contributed by atoms with E-state index in [0.29, 0.717) is 0 Å². The van der Waals surface area contributed by atoms with Gasteiger partial charge in [0.25, 0.3) is 0 Å². The van der Waals surface area contributed by atoms with E-state index in [9.17, 15) is 5.11 Å². The monoisotopic (exact) mass is 217 g/mol.